The Morgan fingerprint density at radius 1 is 0.564 bits per heavy atom. The van der Waals surface area contributed by atoms with Crippen LogP contribution in [0.4, 0.5) is 0 Å². The molecule has 0 fully saturated rings. The minimum absolute atomic E-state index is 0.0225. The van der Waals surface area contributed by atoms with Crippen LogP contribution in [0.25, 0.3) is 21.8 Å². The van der Waals surface area contributed by atoms with Gasteiger partial charge in [-0.05, 0) is 54.2 Å². The zero-order valence-electron chi connectivity index (χ0n) is 30.4. The molecule has 0 aliphatic carbocycles. The number of aliphatic hydroxyl groups excluding tert-OH is 2. The fourth-order valence-corrected chi connectivity index (χ4v) is 6.64. The number of carbonyl (C=O) groups is 3. The van der Waals surface area contributed by atoms with Crippen molar-refractivity contribution in [1.82, 2.24) is 25.9 Å². The van der Waals surface area contributed by atoms with Gasteiger partial charge in [-0.3, -0.25) is 24.0 Å². The van der Waals surface area contributed by atoms with Gasteiger partial charge in [0.25, 0.3) is 11.8 Å². The maximum atomic E-state index is 14.0. The fourth-order valence-electron chi connectivity index (χ4n) is 6.64. The Morgan fingerprint density at radius 2 is 0.964 bits per heavy atom. The summed E-state index contributed by atoms with van der Waals surface area (Å²) in [4.78, 5) is 72.6. The number of pyridine rings is 2. The number of H-pyrrole nitrogens is 2. The van der Waals surface area contributed by atoms with E-state index < -0.39 is 54.0 Å². The number of fused-ring (bicyclic) bond motifs is 2. The van der Waals surface area contributed by atoms with E-state index in [0.717, 1.165) is 11.1 Å². The smallest absolute Gasteiger partial charge is 0.268 e. The molecule has 12 nitrogen and oxygen atoms in total. The van der Waals surface area contributed by atoms with Crippen molar-refractivity contribution in [2.45, 2.75) is 57.0 Å². The first-order valence-corrected chi connectivity index (χ1v) is 18.1. The largest absolute Gasteiger partial charge is 0.388 e. The number of aliphatic hydroxyl groups is 2. The van der Waals surface area contributed by atoms with E-state index in [4.69, 9.17) is 0 Å². The zero-order chi connectivity index (χ0) is 39.1. The Morgan fingerprint density at radius 3 is 1.42 bits per heavy atom. The van der Waals surface area contributed by atoms with E-state index in [0.29, 0.717) is 21.8 Å². The van der Waals surface area contributed by atoms with Gasteiger partial charge < -0.3 is 36.1 Å². The van der Waals surface area contributed by atoms with Crippen LogP contribution in [0.2, 0.25) is 0 Å². The molecule has 3 amide bonds. The van der Waals surface area contributed by atoms with Crippen molar-refractivity contribution in [2.24, 2.45) is 5.92 Å². The van der Waals surface area contributed by atoms with Gasteiger partial charge >= 0.3 is 0 Å². The van der Waals surface area contributed by atoms with Crippen LogP contribution < -0.4 is 26.8 Å². The van der Waals surface area contributed by atoms with Crippen LogP contribution in [0.3, 0.4) is 0 Å². The molecule has 0 spiro atoms. The third kappa shape index (κ3) is 9.23. The number of carbonyl (C=O) groups excluding carboxylic acids is 3. The number of aromatic nitrogens is 2. The van der Waals surface area contributed by atoms with Crippen molar-refractivity contribution in [3.05, 3.63) is 164 Å². The summed E-state index contributed by atoms with van der Waals surface area (Å²) >= 11 is 0. The fraction of sp³-hybridized carbons (Fsp3) is 0.233. The van der Waals surface area contributed by atoms with Crippen LogP contribution in [0.1, 0.15) is 46.0 Å². The molecule has 0 aliphatic heterocycles. The Balaban J connectivity index is 1.26. The molecule has 6 rings (SSSR count). The monoisotopic (exact) mass is 741 g/mol. The van der Waals surface area contributed by atoms with Gasteiger partial charge in [0.15, 0.2) is 10.9 Å². The van der Waals surface area contributed by atoms with Crippen molar-refractivity contribution in [1.29, 1.82) is 0 Å². The second kappa shape index (κ2) is 17.2. The van der Waals surface area contributed by atoms with Crippen molar-refractivity contribution in [3.8, 4) is 0 Å². The number of benzene rings is 4. The van der Waals surface area contributed by atoms with Crippen molar-refractivity contribution < 1.29 is 24.6 Å². The van der Waals surface area contributed by atoms with Gasteiger partial charge in [-0.15, -0.1) is 0 Å². The molecule has 12 heteroatoms. The predicted molar refractivity (Wildman–Crippen MR) is 211 cm³/mol. The summed E-state index contributed by atoms with van der Waals surface area (Å²) in [6, 6.07) is 30.8. The van der Waals surface area contributed by atoms with Crippen LogP contribution in [-0.4, -0.2) is 68.2 Å². The highest BCUT2D eigenvalue weighted by Crippen LogP contribution is 2.17. The molecule has 0 bridgehead atoms. The van der Waals surface area contributed by atoms with Crippen LogP contribution in [0.15, 0.2) is 131 Å². The molecule has 0 saturated heterocycles. The number of hydrogen-bond donors (Lipinski definition) is 7. The standard InChI is InChI=1S/C43H43N5O7/c1-25(2)38(48-42(54)35-24-37(50)29-18-10-12-20-31(29)45-35)43(55)47-33(22-27-15-7-4-8-16-27)40(52)39(51)32(21-26-13-5-3-6-14-26)46-41(53)34-23-36(49)28-17-9-11-19-30(28)44-34/h3-20,23-25,32-33,38-40,51-52H,21-22H2,1-2H3,(H,44,49)(H,45,50)(H,46,53)(H,47,55)(H,48,54)/t32-,33-,38-,39-,40-/m0/s1. The Labute approximate surface area is 316 Å². The lowest BCUT2D eigenvalue weighted by molar-refractivity contribution is -0.126. The summed E-state index contributed by atoms with van der Waals surface area (Å²) in [5, 5.41) is 33.0. The molecular weight excluding hydrogens is 699 g/mol. The lowest BCUT2D eigenvalue weighted by atomic mass is 9.90. The molecule has 0 aliphatic rings. The first-order chi connectivity index (χ1) is 26.5. The second-order valence-electron chi connectivity index (χ2n) is 13.9. The van der Waals surface area contributed by atoms with Crippen LogP contribution >= 0.6 is 0 Å². The average molecular weight is 742 g/mol. The molecule has 0 unspecified atom stereocenters. The molecule has 5 atom stereocenters. The highest BCUT2D eigenvalue weighted by Gasteiger charge is 2.36. The van der Waals surface area contributed by atoms with Gasteiger partial charge in [-0.25, -0.2) is 0 Å². The van der Waals surface area contributed by atoms with E-state index in [-0.39, 0.29) is 35.1 Å². The first kappa shape index (κ1) is 38.4. The lowest BCUT2D eigenvalue weighted by Gasteiger charge is -2.34. The summed E-state index contributed by atoms with van der Waals surface area (Å²) in [6.07, 6.45) is -3.07. The number of amides is 3. The highest BCUT2D eigenvalue weighted by atomic mass is 16.3. The number of nitrogens with one attached hydrogen (secondary N) is 5. The molecule has 4 aromatic carbocycles. The van der Waals surface area contributed by atoms with E-state index in [1.54, 1.807) is 74.5 Å². The second-order valence-corrected chi connectivity index (χ2v) is 13.9. The third-order valence-corrected chi connectivity index (χ3v) is 9.62. The average Bonchev–Trinajstić information content (AvgIpc) is 3.19. The van der Waals surface area contributed by atoms with E-state index >= 15 is 0 Å². The summed E-state index contributed by atoms with van der Waals surface area (Å²) in [5.41, 5.74) is 1.67. The van der Waals surface area contributed by atoms with Gasteiger partial charge in [-0.1, -0.05) is 98.8 Å². The maximum Gasteiger partial charge on any atom is 0.268 e. The molecular formula is C43H43N5O7. The number of rotatable bonds is 14. The third-order valence-electron chi connectivity index (χ3n) is 9.62. The number of para-hydroxylation sites is 2. The molecule has 2 heterocycles. The first-order valence-electron chi connectivity index (χ1n) is 18.1. The maximum absolute atomic E-state index is 14.0. The summed E-state index contributed by atoms with van der Waals surface area (Å²) in [5.74, 6) is -2.40. The quantitative estimate of drug-likeness (QED) is 0.0887. The van der Waals surface area contributed by atoms with E-state index in [1.165, 1.54) is 12.1 Å². The van der Waals surface area contributed by atoms with Gasteiger partial charge in [0.1, 0.15) is 29.6 Å². The number of hydrogen-bond acceptors (Lipinski definition) is 7. The molecule has 6 aromatic rings. The summed E-state index contributed by atoms with van der Waals surface area (Å²) in [6.45, 7) is 3.49. The minimum atomic E-state index is -1.63. The lowest BCUT2D eigenvalue weighted by Crippen LogP contribution is -2.60. The topological polar surface area (TPSA) is 193 Å². The van der Waals surface area contributed by atoms with Gasteiger partial charge in [-0.2, -0.15) is 0 Å². The minimum Gasteiger partial charge on any atom is -0.388 e. The van der Waals surface area contributed by atoms with E-state index in [2.05, 4.69) is 25.9 Å². The van der Waals surface area contributed by atoms with Crippen LogP contribution in [-0.2, 0) is 17.6 Å². The van der Waals surface area contributed by atoms with E-state index in [9.17, 15) is 34.2 Å². The van der Waals surface area contributed by atoms with E-state index in [1.807, 2.05) is 48.5 Å². The van der Waals surface area contributed by atoms with Crippen LogP contribution in [0, 0.1) is 5.92 Å². The normalized spacial score (nSPS) is 14.1. The summed E-state index contributed by atoms with van der Waals surface area (Å²) in [7, 11) is 0. The van der Waals surface area contributed by atoms with Crippen molar-refractivity contribution in [2.75, 3.05) is 0 Å². The summed E-state index contributed by atoms with van der Waals surface area (Å²) < 4.78 is 0. The molecule has 7 N–H and O–H groups in total. The van der Waals surface area contributed by atoms with Crippen LogP contribution in [0.5, 0.6) is 0 Å². The number of aromatic amines is 2. The zero-order valence-corrected chi connectivity index (χ0v) is 30.4. The SMILES string of the molecule is CC(C)[C@H](NC(=O)c1cc(=O)c2ccccc2[nH]1)C(=O)N[C@@H](Cc1ccccc1)[C@H](O)[C@@H](O)[C@H](Cc1ccccc1)NC(=O)c1cc(=O)c2ccccc2[nH]1. The van der Waals surface area contributed by atoms with Gasteiger partial charge in [0.2, 0.25) is 5.91 Å². The molecule has 0 saturated carbocycles. The Bertz CT molecular complexity index is 2410. The Hall–Kier alpha value is -6.37. The Kier molecular flexibility index (Phi) is 12.0. The molecule has 55 heavy (non-hydrogen) atoms. The molecule has 282 valence electrons. The van der Waals surface area contributed by atoms with Gasteiger partial charge in [0.05, 0.1) is 12.1 Å². The predicted octanol–water partition coefficient (Wildman–Crippen LogP) is 3.61. The van der Waals surface area contributed by atoms with Crippen molar-refractivity contribution >= 4 is 39.5 Å². The highest BCUT2D eigenvalue weighted by molar-refractivity contribution is 5.98. The van der Waals surface area contributed by atoms with Crippen molar-refractivity contribution in [3.63, 3.8) is 0 Å². The molecule has 2 aromatic heterocycles. The molecule has 0 radical (unpaired) electrons. The van der Waals surface area contributed by atoms with Gasteiger partial charge in [0, 0.05) is 33.9 Å².